The average molecular weight is 182 g/mol. The zero-order valence-corrected chi connectivity index (χ0v) is 8.10. The van der Waals surface area contributed by atoms with Crippen molar-refractivity contribution in [2.24, 2.45) is 0 Å². The molecule has 0 aromatic carbocycles. The lowest BCUT2D eigenvalue weighted by atomic mass is 9.94. The molecular formula is C10H14OS. The highest BCUT2D eigenvalue weighted by atomic mass is 32.1. The van der Waals surface area contributed by atoms with E-state index in [9.17, 15) is 5.11 Å². The second kappa shape index (κ2) is 3.87. The van der Waals surface area contributed by atoms with Gasteiger partial charge in [0.1, 0.15) is 0 Å². The number of thiophene rings is 1. The molecule has 0 fully saturated rings. The summed E-state index contributed by atoms with van der Waals surface area (Å²) in [5.74, 6) is 0. The van der Waals surface area contributed by atoms with Crippen molar-refractivity contribution in [1.29, 1.82) is 0 Å². The Hall–Kier alpha value is -0.600. The van der Waals surface area contributed by atoms with Crippen LogP contribution in [0.4, 0.5) is 0 Å². The topological polar surface area (TPSA) is 20.2 Å². The quantitative estimate of drug-likeness (QED) is 0.710. The molecule has 66 valence electrons. The number of hydrogen-bond acceptors (Lipinski definition) is 2. The largest absolute Gasteiger partial charge is 0.385 e. The van der Waals surface area contributed by atoms with Crippen molar-refractivity contribution in [1.82, 2.24) is 0 Å². The molecule has 1 aromatic heterocycles. The molecule has 0 radical (unpaired) electrons. The molecule has 0 aliphatic heterocycles. The van der Waals surface area contributed by atoms with Gasteiger partial charge in [0.15, 0.2) is 0 Å². The van der Waals surface area contributed by atoms with Gasteiger partial charge in [-0.25, -0.2) is 0 Å². The molecule has 0 aliphatic rings. The highest BCUT2D eigenvalue weighted by molar-refractivity contribution is 7.08. The Morgan fingerprint density at radius 1 is 1.75 bits per heavy atom. The normalized spacial score (nSPS) is 15.5. The summed E-state index contributed by atoms with van der Waals surface area (Å²) in [5.41, 5.74) is 0.322. The highest BCUT2D eigenvalue weighted by Crippen LogP contribution is 2.27. The van der Waals surface area contributed by atoms with Crippen LogP contribution in [0.25, 0.3) is 0 Å². The molecule has 1 heterocycles. The van der Waals surface area contributed by atoms with E-state index in [0.29, 0.717) is 0 Å². The van der Waals surface area contributed by atoms with Gasteiger partial charge in [0, 0.05) is 0 Å². The Bertz CT molecular complexity index is 236. The van der Waals surface area contributed by atoms with Gasteiger partial charge in [-0.15, -0.1) is 6.58 Å². The van der Waals surface area contributed by atoms with Crippen LogP contribution in [0.5, 0.6) is 0 Å². The van der Waals surface area contributed by atoms with Crippen molar-refractivity contribution in [3.8, 4) is 0 Å². The lowest BCUT2D eigenvalue weighted by Gasteiger charge is -2.21. The van der Waals surface area contributed by atoms with E-state index >= 15 is 0 Å². The third-order valence-corrected chi connectivity index (χ3v) is 2.66. The van der Waals surface area contributed by atoms with Crippen LogP contribution in [0.3, 0.4) is 0 Å². The Morgan fingerprint density at radius 2 is 2.50 bits per heavy atom. The molecular weight excluding hydrogens is 168 g/mol. The zero-order valence-electron chi connectivity index (χ0n) is 7.29. The van der Waals surface area contributed by atoms with Gasteiger partial charge in [0.2, 0.25) is 0 Å². The summed E-state index contributed by atoms with van der Waals surface area (Å²) in [4.78, 5) is 0. The molecule has 1 unspecified atom stereocenters. The maximum atomic E-state index is 9.96. The van der Waals surface area contributed by atoms with Gasteiger partial charge in [-0.1, -0.05) is 6.08 Å². The number of allylic oxidation sites excluding steroid dienone is 1. The van der Waals surface area contributed by atoms with Crippen LogP contribution in [0.15, 0.2) is 29.5 Å². The Morgan fingerprint density at radius 3 is 3.00 bits per heavy atom. The van der Waals surface area contributed by atoms with E-state index in [2.05, 4.69) is 6.58 Å². The lowest BCUT2D eigenvalue weighted by molar-refractivity contribution is 0.0493. The maximum absolute atomic E-state index is 9.96. The summed E-state index contributed by atoms with van der Waals surface area (Å²) >= 11 is 1.61. The molecule has 0 aliphatic carbocycles. The van der Waals surface area contributed by atoms with Crippen molar-refractivity contribution in [3.63, 3.8) is 0 Å². The highest BCUT2D eigenvalue weighted by Gasteiger charge is 2.21. The second-order valence-corrected chi connectivity index (χ2v) is 3.89. The lowest BCUT2D eigenvalue weighted by Crippen LogP contribution is -2.19. The molecule has 0 amide bonds. The van der Waals surface area contributed by atoms with Gasteiger partial charge in [-0.05, 0) is 42.2 Å². The maximum Gasteiger partial charge on any atom is 0.0879 e. The van der Waals surface area contributed by atoms with Crippen LogP contribution in [0, 0.1) is 0 Å². The first-order valence-corrected chi connectivity index (χ1v) is 4.97. The molecule has 1 atom stereocenters. The molecule has 1 nitrogen and oxygen atoms in total. The first kappa shape index (κ1) is 9.49. The van der Waals surface area contributed by atoms with Crippen LogP contribution in [-0.2, 0) is 5.60 Å². The van der Waals surface area contributed by atoms with Gasteiger partial charge in [-0.3, -0.25) is 0 Å². The summed E-state index contributed by atoms with van der Waals surface area (Å²) in [6.45, 7) is 5.48. The van der Waals surface area contributed by atoms with Crippen LogP contribution in [-0.4, -0.2) is 5.11 Å². The predicted molar refractivity (Wildman–Crippen MR) is 53.3 cm³/mol. The number of aliphatic hydroxyl groups is 1. The SMILES string of the molecule is C=CCCC(C)(O)c1ccsc1. The van der Waals surface area contributed by atoms with E-state index in [-0.39, 0.29) is 0 Å². The fraction of sp³-hybridized carbons (Fsp3) is 0.400. The van der Waals surface area contributed by atoms with Crippen LogP contribution < -0.4 is 0 Å². The monoisotopic (exact) mass is 182 g/mol. The van der Waals surface area contributed by atoms with Gasteiger partial charge in [0.25, 0.3) is 0 Å². The minimum absolute atomic E-state index is 0.686. The number of rotatable bonds is 4. The molecule has 0 saturated carbocycles. The summed E-state index contributed by atoms with van der Waals surface area (Å²) in [6, 6.07) is 1.97. The summed E-state index contributed by atoms with van der Waals surface area (Å²) < 4.78 is 0. The van der Waals surface area contributed by atoms with Crippen molar-refractivity contribution in [2.75, 3.05) is 0 Å². The molecule has 0 bridgehead atoms. The molecule has 1 N–H and O–H groups in total. The smallest absolute Gasteiger partial charge is 0.0879 e. The Balaban J connectivity index is 2.65. The third kappa shape index (κ3) is 2.19. The molecule has 0 spiro atoms. The molecule has 0 saturated heterocycles. The van der Waals surface area contributed by atoms with Crippen molar-refractivity contribution >= 4 is 11.3 Å². The van der Waals surface area contributed by atoms with Crippen molar-refractivity contribution < 1.29 is 5.11 Å². The van der Waals surface area contributed by atoms with Gasteiger partial charge in [0.05, 0.1) is 5.60 Å². The van der Waals surface area contributed by atoms with Crippen LogP contribution in [0.2, 0.25) is 0 Å². The molecule has 12 heavy (non-hydrogen) atoms. The van der Waals surface area contributed by atoms with E-state index in [1.54, 1.807) is 11.3 Å². The number of hydrogen-bond donors (Lipinski definition) is 1. The minimum atomic E-state index is -0.686. The second-order valence-electron chi connectivity index (χ2n) is 3.11. The molecule has 2 heteroatoms. The fourth-order valence-corrected chi connectivity index (χ4v) is 1.88. The predicted octanol–water partition coefficient (Wildman–Crippen LogP) is 2.92. The summed E-state index contributed by atoms with van der Waals surface area (Å²) in [5, 5.41) is 13.9. The Labute approximate surface area is 77.4 Å². The summed E-state index contributed by atoms with van der Waals surface area (Å²) in [7, 11) is 0. The zero-order chi connectivity index (χ0) is 9.03. The third-order valence-electron chi connectivity index (χ3n) is 1.98. The van der Waals surface area contributed by atoms with Gasteiger partial charge < -0.3 is 5.11 Å². The standard InChI is InChI=1S/C10H14OS/c1-3-4-6-10(2,11)9-5-7-12-8-9/h3,5,7-8,11H,1,4,6H2,2H3. The first-order chi connectivity index (χ1) is 5.67. The van der Waals surface area contributed by atoms with E-state index in [1.807, 2.05) is 29.8 Å². The van der Waals surface area contributed by atoms with Crippen LogP contribution >= 0.6 is 11.3 Å². The van der Waals surface area contributed by atoms with E-state index in [0.717, 1.165) is 18.4 Å². The van der Waals surface area contributed by atoms with Gasteiger partial charge in [-0.2, -0.15) is 11.3 Å². The minimum Gasteiger partial charge on any atom is -0.385 e. The van der Waals surface area contributed by atoms with E-state index in [4.69, 9.17) is 0 Å². The Kier molecular flexibility index (Phi) is 3.06. The molecule has 1 aromatic rings. The van der Waals surface area contributed by atoms with E-state index < -0.39 is 5.60 Å². The first-order valence-electron chi connectivity index (χ1n) is 4.03. The van der Waals surface area contributed by atoms with Crippen molar-refractivity contribution in [3.05, 3.63) is 35.0 Å². The average Bonchev–Trinajstić information content (AvgIpc) is 2.53. The van der Waals surface area contributed by atoms with E-state index in [1.165, 1.54) is 0 Å². The summed E-state index contributed by atoms with van der Waals surface area (Å²) in [6.07, 6.45) is 3.43. The molecule has 1 rings (SSSR count). The van der Waals surface area contributed by atoms with Crippen LogP contribution in [0.1, 0.15) is 25.3 Å². The van der Waals surface area contributed by atoms with Crippen molar-refractivity contribution in [2.45, 2.75) is 25.4 Å². The fourth-order valence-electron chi connectivity index (χ4n) is 1.10. The van der Waals surface area contributed by atoms with Gasteiger partial charge >= 0.3 is 0 Å².